The van der Waals surface area contributed by atoms with E-state index in [0.717, 1.165) is 0 Å². The Morgan fingerprint density at radius 1 is 1.21 bits per heavy atom. The Morgan fingerprint density at radius 2 is 2.04 bits per heavy atom. The minimum atomic E-state index is -0.774. The second kappa shape index (κ2) is 7.05. The molecule has 0 fully saturated rings. The molecule has 1 aromatic carbocycles. The molecule has 6 heteroatoms. The molecular formula is C18H18F3N3. The fourth-order valence-electron chi connectivity index (χ4n) is 2.80. The minimum absolute atomic E-state index is 0.180. The van der Waals surface area contributed by atoms with Gasteiger partial charge in [0.1, 0.15) is 11.6 Å². The number of halogens is 3. The van der Waals surface area contributed by atoms with E-state index in [1.165, 1.54) is 6.07 Å². The van der Waals surface area contributed by atoms with Gasteiger partial charge in [-0.3, -0.25) is 4.98 Å². The van der Waals surface area contributed by atoms with E-state index in [1.54, 1.807) is 31.3 Å². The number of nitrogens with zero attached hydrogens (tertiary/aromatic N) is 1. The van der Waals surface area contributed by atoms with Crippen molar-refractivity contribution < 1.29 is 13.2 Å². The topological polar surface area (TPSA) is 37.0 Å². The lowest BCUT2D eigenvalue weighted by Crippen LogP contribution is -2.23. The van der Waals surface area contributed by atoms with Gasteiger partial charge in [-0.25, -0.2) is 13.2 Å². The number of anilines is 1. The van der Waals surface area contributed by atoms with Crippen LogP contribution in [0.2, 0.25) is 0 Å². The summed E-state index contributed by atoms with van der Waals surface area (Å²) >= 11 is 0. The Bertz CT molecular complexity index is 787. The number of aromatic nitrogens is 1. The van der Waals surface area contributed by atoms with Crippen LogP contribution in [0.1, 0.15) is 17.7 Å². The molecule has 3 nitrogen and oxygen atoms in total. The molecule has 0 radical (unpaired) electrons. The second-order valence-electron chi connectivity index (χ2n) is 5.67. The van der Waals surface area contributed by atoms with Gasteiger partial charge in [0, 0.05) is 29.6 Å². The molecule has 2 N–H and O–H groups in total. The molecule has 0 aliphatic carbocycles. The normalized spacial score (nSPS) is 14.8. The zero-order valence-electron chi connectivity index (χ0n) is 13.3. The molecule has 0 saturated carbocycles. The molecule has 0 amide bonds. The van der Waals surface area contributed by atoms with E-state index < -0.39 is 12.6 Å². The van der Waals surface area contributed by atoms with Crippen LogP contribution in [0.4, 0.5) is 18.9 Å². The van der Waals surface area contributed by atoms with Crippen LogP contribution in [-0.4, -0.2) is 24.9 Å². The lowest BCUT2D eigenvalue weighted by Gasteiger charge is -2.20. The summed E-state index contributed by atoms with van der Waals surface area (Å²) in [7, 11) is 0. The molecule has 2 aromatic rings. The summed E-state index contributed by atoms with van der Waals surface area (Å²) in [6, 6.07) is 6.60. The largest absolute Gasteiger partial charge is 0.358 e. The Hall–Kier alpha value is -2.34. The minimum Gasteiger partial charge on any atom is -0.358 e. The first kappa shape index (κ1) is 16.5. The van der Waals surface area contributed by atoms with Crippen LogP contribution < -0.4 is 10.6 Å². The maximum atomic E-state index is 14.1. The van der Waals surface area contributed by atoms with Crippen molar-refractivity contribution in [2.45, 2.75) is 13.3 Å². The first-order chi connectivity index (χ1) is 11.6. The van der Waals surface area contributed by atoms with Crippen molar-refractivity contribution in [3.8, 4) is 11.1 Å². The van der Waals surface area contributed by atoms with Gasteiger partial charge in [-0.15, -0.1) is 0 Å². The van der Waals surface area contributed by atoms with Gasteiger partial charge in [-0.1, -0.05) is 12.1 Å². The van der Waals surface area contributed by atoms with E-state index in [2.05, 4.69) is 15.6 Å². The van der Waals surface area contributed by atoms with Crippen LogP contribution in [0.25, 0.3) is 16.7 Å². The monoisotopic (exact) mass is 333 g/mol. The van der Waals surface area contributed by atoms with Gasteiger partial charge in [0.25, 0.3) is 0 Å². The van der Waals surface area contributed by atoms with Gasteiger partial charge in [0.15, 0.2) is 6.80 Å². The zero-order valence-corrected chi connectivity index (χ0v) is 13.3. The first-order valence-corrected chi connectivity index (χ1v) is 7.75. The van der Waals surface area contributed by atoms with Gasteiger partial charge >= 0.3 is 0 Å². The fourth-order valence-corrected chi connectivity index (χ4v) is 2.80. The van der Waals surface area contributed by atoms with E-state index in [0.29, 0.717) is 46.6 Å². The first-order valence-electron chi connectivity index (χ1n) is 7.75. The number of nitrogens with one attached hydrogen (secondary N) is 2. The molecular weight excluding hydrogens is 315 g/mol. The van der Waals surface area contributed by atoms with E-state index in [1.807, 2.05) is 0 Å². The highest BCUT2D eigenvalue weighted by Gasteiger charge is 2.17. The summed E-state index contributed by atoms with van der Waals surface area (Å²) in [5.41, 5.74) is 3.30. The molecule has 0 saturated heterocycles. The molecule has 1 aliphatic rings. The summed E-state index contributed by atoms with van der Waals surface area (Å²) in [6.45, 7) is 1.67. The van der Waals surface area contributed by atoms with Crippen molar-refractivity contribution in [1.82, 2.24) is 10.3 Å². The molecule has 0 spiro atoms. The molecule has 1 aromatic heterocycles. The number of rotatable bonds is 4. The van der Waals surface area contributed by atoms with Crippen molar-refractivity contribution in [2.24, 2.45) is 0 Å². The number of hydrogen-bond acceptors (Lipinski definition) is 3. The van der Waals surface area contributed by atoms with Crippen LogP contribution in [-0.2, 0) is 0 Å². The highest BCUT2D eigenvalue weighted by Crippen LogP contribution is 2.34. The quantitative estimate of drug-likeness (QED) is 0.823. The average molecular weight is 333 g/mol. The SMILES string of the molecule is Cc1ncc(-c2ccc(C3=C(F)CNCC3)c(NCF)c2)cc1F. The third-order valence-corrected chi connectivity index (χ3v) is 4.12. The molecule has 0 unspecified atom stereocenters. The number of pyridine rings is 1. The fraction of sp³-hybridized carbons (Fsp3) is 0.278. The van der Waals surface area contributed by atoms with Crippen LogP contribution in [0.15, 0.2) is 36.3 Å². The summed E-state index contributed by atoms with van der Waals surface area (Å²) < 4.78 is 40.7. The summed E-state index contributed by atoms with van der Waals surface area (Å²) in [6.07, 6.45) is 2.10. The Balaban J connectivity index is 2.05. The van der Waals surface area contributed by atoms with E-state index >= 15 is 0 Å². The molecule has 3 rings (SSSR count). The highest BCUT2D eigenvalue weighted by molar-refractivity contribution is 5.82. The van der Waals surface area contributed by atoms with E-state index in [4.69, 9.17) is 0 Å². The van der Waals surface area contributed by atoms with Crippen molar-refractivity contribution in [3.63, 3.8) is 0 Å². The molecule has 126 valence electrons. The summed E-state index contributed by atoms with van der Waals surface area (Å²) in [4.78, 5) is 4.01. The second-order valence-corrected chi connectivity index (χ2v) is 5.67. The summed E-state index contributed by atoms with van der Waals surface area (Å²) in [5, 5.41) is 5.59. The smallest absolute Gasteiger partial charge is 0.159 e. The third kappa shape index (κ3) is 3.28. The molecule has 0 bridgehead atoms. The van der Waals surface area contributed by atoms with Gasteiger partial charge in [-0.2, -0.15) is 0 Å². The van der Waals surface area contributed by atoms with Gasteiger partial charge in [0.2, 0.25) is 0 Å². The maximum Gasteiger partial charge on any atom is 0.159 e. The van der Waals surface area contributed by atoms with E-state index in [9.17, 15) is 13.2 Å². The number of hydrogen-bond donors (Lipinski definition) is 2. The Morgan fingerprint density at radius 3 is 2.75 bits per heavy atom. The van der Waals surface area contributed by atoms with Crippen LogP contribution in [0.3, 0.4) is 0 Å². The van der Waals surface area contributed by atoms with E-state index in [-0.39, 0.29) is 12.4 Å². The molecule has 0 atom stereocenters. The van der Waals surface area contributed by atoms with Crippen LogP contribution in [0, 0.1) is 12.7 Å². The zero-order chi connectivity index (χ0) is 17.1. The molecule has 1 aliphatic heterocycles. The van der Waals surface area contributed by atoms with Crippen LogP contribution >= 0.6 is 0 Å². The summed E-state index contributed by atoms with van der Waals surface area (Å²) in [5.74, 6) is -0.636. The van der Waals surface area contributed by atoms with Gasteiger partial charge in [0.05, 0.1) is 5.69 Å². The third-order valence-electron chi connectivity index (χ3n) is 4.12. The molecule has 24 heavy (non-hydrogen) atoms. The Kier molecular flexibility index (Phi) is 4.85. The van der Waals surface area contributed by atoms with Crippen LogP contribution in [0.5, 0.6) is 0 Å². The average Bonchev–Trinajstić information content (AvgIpc) is 2.58. The highest BCUT2D eigenvalue weighted by atomic mass is 19.1. The predicted octanol–water partition coefficient (Wildman–Crippen LogP) is 4.21. The standard InChI is InChI=1S/C18H18F3N3/c1-11-16(20)6-13(8-23-11)12-2-3-15(18(7-12)24-10-19)14-4-5-22-9-17(14)21/h2-3,6-8,22,24H,4-5,9-10H2,1H3. The number of aryl methyl sites for hydroxylation is 1. The van der Waals surface area contributed by atoms with Gasteiger partial charge < -0.3 is 10.6 Å². The van der Waals surface area contributed by atoms with Crippen molar-refractivity contribution in [1.29, 1.82) is 0 Å². The predicted molar refractivity (Wildman–Crippen MR) is 89.5 cm³/mol. The molecule has 2 heterocycles. The number of alkyl halides is 1. The van der Waals surface area contributed by atoms with Crippen molar-refractivity contribution >= 4 is 11.3 Å². The maximum absolute atomic E-state index is 14.1. The Labute approximate surface area is 138 Å². The van der Waals surface area contributed by atoms with Crippen molar-refractivity contribution in [2.75, 3.05) is 25.2 Å². The van der Waals surface area contributed by atoms with Gasteiger partial charge in [-0.05, 0) is 43.2 Å². The lowest BCUT2D eigenvalue weighted by molar-refractivity contribution is 0.535. The lowest BCUT2D eigenvalue weighted by atomic mass is 9.95. The number of benzene rings is 1. The van der Waals surface area contributed by atoms with Crippen molar-refractivity contribution in [3.05, 3.63) is 53.4 Å².